The van der Waals surface area contributed by atoms with E-state index in [1.54, 1.807) is 0 Å². The van der Waals surface area contributed by atoms with E-state index >= 15 is 0 Å². The largest absolute Gasteiger partial charge is 0.391 e. The van der Waals surface area contributed by atoms with Crippen molar-refractivity contribution in [3.63, 3.8) is 0 Å². The Hall–Kier alpha value is -1.69. The standard InChI is InChI=1S/C9H13N3O3/c1-2-6(13)3-12-9(15)7-4-11-8(14)5-10-7/h4-6,13H,2-3H2,1H3,(H,11,14)(H,12,15). The first kappa shape index (κ1) is 11.4. The van der Waals surface area contributed by atoms with Gasteiger partial charge in [-0.25, -0.2) is 4.98 Å². The highest BCUT2D eigenvalue weighted by Gasteiger charge is 2.08. The van der Waals surface area contributed by atoms with Gasteiger partial charge in [0.15, 0.2) is 0 Å². The first-order valence-electron chi connectivity index (χ1n) is 4.64. The lowest BCUT2D eigenvalue weighted by atomic mass is 10.3. The van der Waals surface area contributed by atoms with Crippen molar-refractivity contribution >= 4 is 5.91 Å². The predicted molar refractivity (Wildman–Crippen MR) is 53.5 cm³/mol. The molecule has 1 amide bonds. The minimum atomic E-state index is -0.559. The van der Waals surface area contributed by atoms with Gasteiger partial charge in [0.2, 0.25) is 0 Å². The molecular weight excluding hydrogens is 198 g/mol. The zero-order valence-corrected chi connectivity index (χ0v) is 8.36. The molecular formula is C9H13N3O3. The van der Waals surface area contributed by atoms with E-state index in [0.29, 0.717) is 6.42 Å². The Morgan fingerprint density at radius 3 is 3.00 bits per heavy atom. The van der Waals surface area contributed by atoms with Crippen LogP contribution in [-0.2, 0) is 0 Å². The minimum absolute atomic E-state index is 0.123. The Labute approximate surface area is 86.4 Å². The summed E-state index contributed by atoms with van der Waals surface area (Å²) in [6.07, 6.45) is 2.28. The number of aromatic amines is 1. The summed E-state index contributed by atoms with van der Waals surface area (Å²) in [7, 11) is 0. The number of nitrogens with zero attached hydrogens (tertiary/aromatic N) is 1. The number of H-pyrrole nitrogens is 1. The van der Waals surface area contributed by atoms with Crippen molar-refractivity contribution in [1.82, 2.24) is 15.3 Å². The van der Waals surface area contributed by atoms with Gasteiger partial charge in [0, 0.05) is 12.7 Å². The molecule has 82 valence electrons. The quantitative estimate of drug-likeness (QED) is 0.612. The van der Waals surface area contributed by atoms with Crippen molar-refractivity contribution in [1.29, 1.82) is 0 Å². The third-order valence-corrected chi connectivity index (χ3v) is 1.87. The fourth-order valence-electron chi connectivity index (χ4n) is 0.912. The Morgan fingerprint density at radius 1 is 1.73 bits per heavy atom. The van der Waals surface area contributed by atoms with Crippen LogP contribution < -0.4 is 10.9 Å². The van der Waals surface area contributed by atoms with Crippen LogP contribution in [-0.4, -0.2) is 33.6 Å². The number of nitrogens with one attached hydrogen (secondary N) is 2. The molecule has 1 aromatic heterocycles. The highest BCUT2D eigenvalue weighted by atomic mass is 16.3. The molecule has 1 rings (SSSR count). The molecule has 0 aliphatic heterocycles. The number of carbonyl (C=O) groups excluding carboxylic acids is 1. The van der Waals surface area contributed by atoms with E-state index in [1.807, 2.05) is 6.92 Å². The number of aliphatic hydroxyl groups excluding tert-OH is 1. The van der Waals surface area contributed by atoms with Crippen LogP contribution in [0.5, 0.6) is 0 Å². The van der Waals surface area contributed by atoms with Gasteiger partial charge < -0.3 is 15.4 Å². The molecule has 0 aliphatic carbocycles. The second-order valence-electron chi connectivity index (χ2n) is 3.07. The molecule has 0 fully saturated rings. The Balaban J connectivity index is 2.54. The average Bonchev–Trinajstić information content (AvgIpc) is 2.26. The lowest BCUT2D eigenvalue weighted by molar-refractivity contribution is 0.0908. The molecule has 15 heavy (non-hydrogen) atoms. The number of amides is 1. The van der Waals surface area contributed by atoms with E-state index in [2.05, 4.69) is 15.3 Å². The number of aromatic nitrogens is 2. The van der Waals surface area contributed by atoms with E-state index in [9.17, 15) is 14.7 Å². The van der Waals surface area contributed by atoms with Crippen molar-refractivity contribution < 1.29 is 9.90 Å². The van der Waals surface area contributed by atoms with E-state index < -0.39 is 12.0 Å². The number of hydrogen-bond acceptors (Lipinski definition) is 4. The van der Waals surface area contributed by atoms with Gasteiger partial charge in [-0.15, -0.1) is 0 Å². The Morgan fingerprint density at radius 2 is 2.47 bits per heavy atom. The molecule has 0 aliphatic rings. The Bertz CT molecular complexity index is 368. The molecule has 0 aromatic carbocycles. The summed E-state index contributed by atoms with van der Waals surface area (Å²) in [5, 5.41) is 11.7. The fraction of sp³-hybridized carbons (Fsp3) is 0.444. The summed E-state index contributed by atoms with van der Waals surface area (Å²) in [4.78, 5) is 28.0. The van der Waals surface area contributed by atoms with Gasteiger partial charge in [-0.1, -0.05) is 6.92 Å². The molecule has 0 saturated carbocycles. The molecule has 6 heteroatoms. The third kappa shape index (κ3) is 3.51. The summed E-state index contributed by atoms with van der Waals surface area (Å²) in [6, 6.07) is 0. The molecule has 1 aromatic rings. The van der Waals surface area contributed by atoms with Crippen LogP contribution in [0.15, 0.2) is 17.2 Å². The first-order chi connectivity index (χ1) is 7.13. The van der Waals surface area contributed by atoms with Crippen LogP contribution in [0.2, 0.25) is 0 Å². The van der Waals surface area contributed by atoms with E-state index in [0.717, 1.165) is 6.20 Å². The lowest BCUT2D eigenvalue weighted by Gasteiger charge is -2.08. The van der Waals surface area contributed by atoms with Gasteiger partial charge >= 0.3 is 0 Å². The smallest absolute Gasteiger partial charge is 0.271 e. The van der Waals surface area contributed by atoms with Gasteiger partial charge in [0.1, 0.15) is 5.69 Å². The molecule has 6 nitrogen and oxygen atoms in total. The summed E-state index contributed by atoms with van der Waals surface area (Å²) < 4.78 is 0. The summed E-state index contributed by atoms with van der Waals surface area (Å²) in [6.45, 7) is 1.99. The van der Waals surface area contributed by atoms with Crippen LogP contribution >= 0.6 is 0 Å². The van der Waals surface area contributed by atoms with Crippen molar-refractivity contribution in [3.05, 3.63) is 28.4 Å². The van der Waals surface area contributed by atoms with Gasteiger partial charge in [0.25, 0.3) is 11.5 Å². The topological polar surface area (TPSA) is 95.1 Å². The second kappa shape index (κ2) is 5.26. The zero-order chi connectivity index (χ0) is 11.3. The SMILES string of the molecule is CCC(O)CNC(=O)c1c[nH]c(=O)cn1. The van der Waals surface area contributed by atoms with Crippen molar-refractivity contribution in [2.45, 2.75) is 19.4 Å². The molecule has 0 spiro atoms. The number of carbonyl (C=O) groups is 1. The number of rotatable bonds is 4. The van der Waals surface area contributed by atoms with Gasteiger partial charge in [-0.05, 0) is 6.42 Å². The van der Waals surface area contributed by atoms with Crippen LogP contribution in [0.25, 0.3) is 0 Å². The van der Waals surface area contributed by atoms with Crippen LogP contribution in [0.1, 0.15) is 23.8 Å². The number of aliphatic hydroxyl groups is 1. The third-order valence-electron chi connectivity index (χ3n) is 1.87. The monoisotopic (exact) mass is 211 g/mol. The number of hydrogen-bond donors (Lipinski definition) is 3. The average molecular weight is 211 g/mol. The lowest BCUT2D eigenvalue weighted by Crippen LogP contribution is -2.32. The second-order valence-corrected chi connectivity index (χ2v) is 3.07. The van der Waals surface area contributed by atoms with Crippen molar-refractivity contribution in [2.24, 2.45) is 0 Å². The van der Waals surface area contributed by atoms with Gasteiger partial charge in [0.05, 0.1) is 12.3 Å². The predicted octanol–water partition coefficient (Wildman–Crippen LogP) is -0.729. The highest BCUT2D eigenvalue weighted by Crippen LogP contribution is 1.90. The zero-order valence-electron chi connectivity index (χ0n) is 8.36. The normalized spacial score (nSPS) is 12.1. The summed E-state index contributed by atoms with van der Waals surface area (Å²) in [5.74, 6) is -0.418. The van der Waals surface area contributed by atoms with Crippen LogP contribution in [0.4, 0.5) is 0 Å². The summed E-state index contributed by atoms with van der Waals surface area (Å²) >= 11 is 0. The molecule has 3 N–H and O–H groups in total. The van der Waals surface area contributed by atoms with Crippen molar-refractivity contribution in [3.8, 4) is 0 Å². The van der Waals surface area contributed by atoms with E-state index in [4.69, 9.17) is 0 Å². The van der Waals surface area contributed by atoms with Gasteiger partial charge in [-0.2, -0.15) is 0 Å². The minimum Gasteiger partial charge on any atom is -0.391 e. The molecule has 1 unspecified atom stereocenters. The molecule has 0 bridgehead atoms. The van der Waals surface area contributed by atoms with Crippen LogP contribution in [0, 0.1) is 0 Å². The highest BCUT2D eigenvalue weighted by molar-refractivity contribution is 5.91. The van der Waals surface area contributed by atoms with E-state index in [1.165, 1.54) is 6.20 Å². The van der Waals surface area contributed by atoms with Crippen molar-refractivity contribution in [2.75, 3.05) is 6.54 Å². The maximum Gasteiger partial charge on any atom is 0.271 e. The van der Waals surface area contributed by atoms with Gasteiger partial charge in [-0.3, -0.25) is 9.59 Å². The maximum atomic E-state index is 11.4. The first-order valence-corrected chi connectivity index (χ1v) is 4.64. The van der Waals surface area contributed by atoms with Crippen LogP contribution in [0.3, 0.4) is 0 Å². The maximum absolute atomic E-state index is 11.4. The molecule has 1 atom stereocenters. The Kier molecular flexibility index (Phi) is 3.99. The molecule has 0 saturated heterocycles. The van der Waals surface area contributed by atoms with E-state index in [-0.39, 0.29) is 17.8 Å². The summed E-state index contributed by atoms with van der Waals surface area (Å²) in [5.41, 5.74) is -0.238. The molecule has 0 radical (unpaired) electrons. The molecule has 1 heterocycles. The fourth-order valence-corrected chi connectivity index (χ4v) is 0.912.